The molecule has 0 aliphatic heterocycles. The minimum atomic E-state index is -0.845. The number of halogens is 3. The van der Waals surface area contributed by atoms with E-state index in [1.54, 1.807) is 16.3 Å². The largest absolute Gasteiger partial charge is 0.324 e. The average Bonchev–Trinajstić information content (AvgIpc) is 2.73. The molecule has 0 saturated heterocycles. The summed E-state index contributed by atoms with van der Waals surface area (Å²) in [5.74, 6) is -0.571. The minimum absolute atomic E-state index is 0.237. The van der Waals surface area contributed by atoms with Crippen LogP contribution >= 0.6 is 23.4 Å². The lowest BCUT2D eigenvalue weighted by molar-refractivity contribution is 0.510. The Morgan fingerprint density at radius 3 is 2.79 bits per heavy atom. The summed E-state index contributed by atoms with van der Waals surface area (Å²) in [5.41, 5.74) is 0.716. The maximum Gasteiger partial charge on any atom is 0.184 e. The van der Waals surface area contributed by atoms with Gasteiger partial charge in [0.2, 0.25) is 0 Å². The third-order valence-electron chi connectivity index (χ3n) is 3.04. The molecule has 1 atom stereocenters. The predicted octanol–water partition coefficient (Wildman–Crippen LogP) is 3.85. The molecular weight excluding hydrogens is 290 g/mol. The van der Waals surface area contributed by atoms with E-state index in [-0.39, 0.29) is 10.8 Å². The van der Waals surface area contributed by atoms with Gasteiger partial charge in [-0.05, 0) is 18.4 Å². The third kappa shape index (κ3) is 2.87. The van der Waals surface area contributed by atoms with Crippen molar-refractivity contribution in [2.24, 2.45) is 0 Å². The van der Waals surface area contributed by atoms with E-state index in [4.69, 9.17) is 11.6 Å². The number of hydrogen-bond acceptors (Lipinski definition) is 2. The normalized spacial score (nSPS) is 13.1. The molecule has 0 radical (unpaired) electrons. The molecule has 104 valence electrons. The zero-order valence-electron chi connectivity index (χ0n) is 10.8. The Kier molecular flexibility index (Phi) is 4.68. The molecule has 1 heterocycles. The van der Waals surface area contributed by atoms with E-state index in [1.807, 2.05) is 13.2 Å². The summed E-state index contributed by atoms with van der Waals surface area (Å²) < 4.78 is 29.1. The Bertz CT molecular complexity index is 586. The molecule has 0 aliphatic carbocycles. The predicted molar refractivity (Wildman–Crippen MR) is 77.1 cm³/mol. The molecule has 0 spiro atoms. The molecule has 0 fully saturated rings. The van der Waals surface area contributed by atoms with Crippen LogP contribution in [0.5, 0.6) is 0 Å². The van der Waals surface area contributed by atoms with Crippen LogP contribution in [0, 0.1) is 11.6 Å². The number of aromatic nitrogens is 2. The molecule has 1 aromatic heterocycles. The number of imidazole rings is 1. The highest BCUT2D eigenvalue weighted by atomic mass is 35.5. The Labute approximate surface area is 120 Å². The summed E-state index contributed by atoms with van der Waals surface area (Å²) in [4.78, 5) is 4.35. The summed E-state index contributed by atoms with van der Waals surface area (Å²) in [6, 6.07) is 2.61. The second kappa shape index (κ2) is 6.09. The molecule has 19 heavy (non-hydrogen) atoms. The fourth-order valence-corrected chi connectivity index (χ4v) is 2.48. The van der Waals surface area contributed by atoms with Gasteiger partial charge in [-0.25, -0.2) is 13.8 Å². The van der Waals surface area contributed by atoms with Crippen LogP contribution in [0.3, 0.4) is 0 Å². The van der Waals surface area contributed by atoms with Crippen molar-refractivity contribution < 1.29 is 8.78 Å². The number of aryl methyl sites for hydroxylation is 1. The maximum atomic E-state index is 14.0. The van der Waals surface area contributed by atoms with Gasteiger partial charge in [0.15, 0.2) is 11.6 Å². The summed E-state index contributed by atoms with van der Waals surface area (Å²) in [7, 11) is 0. The van der Waals surface area contributed by atoms with Crippen molar-refractivity contribution in [2.75, 3.05) is 12.1 Å². The number of hydrogen-bond donors (Lipinski definition) is 0. The molecule has 0 saturated carbocycles. The summed E-state index contributed by atoms with van der Waals surface area (Å²) >= 11 is 7.42. The van der Waals surface area contributed by atoms with Gasteiger partial charge in [0.1, 0.15) is 11.3 Å². The van der Waals surface area contributed by atoms with Gasteiger partial charge in [0.05, 0.1) is 5.52 Å². The number of fused-ring (bicyclic) bond motifs is 1. The van der Waals surface area contributed by atoms with Crippen LogP contribution in [0.1, 0.15) is 12.7 Å². The molecule has 2 nitrogen and oxygen atoms in total. The Hall–Kier alpha value is -0.810. The van der Waals surface area contributed by atoms with E-state index in [0.717, 1.165) is 6.07 Å². The SMILES string of the molecule is CSC(C)Cn1c(CCCl)nc2ccc(F)c(F)c21. The number of benzene rings is 1. The first-order chi connectivity index (χ1) is 9.08. The van der Waals surface area contributed by atoms with Gasteiger partial charge in [0.25, 0.3) is 0 Å². The number of rotatable bonds is 5. The minimum Gasteiger partial charge on any atom is -0.324 e. The van der Waals surface area contributed by atoms with Crippen molar-refractivity contribution >= 4 is 34.4 Å². The summed E-state index contributed by atoms with van der Waals surface area (Å²) in [6.07, 6.45) is 2.53. The van der Waals surface area contributed by atoms with Gasteiger partial charge in [-0.3, -0.25) is 0 Å². The highest BCUT2D eigenvalue weighted by molar-refractivity contribution is 7.99. The average molecular weight is 305 g/mol. The third-order valence-corrected chi connectivity index (χ3v) is 4.18. The van der Waals surface area contributed by atoms with E-state index in [1.165, 1.54) is 6.07 Å². The Morgan fingerprint density at radius 2 is 2.16 bits per heavy atom. The zero-order valence-corrected chi connectivity index (χ0v) is 12.4. The first kappa shape index (κ1) is 14.6. The molecular formula is C13H15ClF2N2S. The van der Waals surface area contributed by atoms with Crippen molar-refractivity contribution in [3.05, 3.63) is 29.6 Å². The highest BCUT2D eigenvalue weighted by Gasteiger charge is 2.18. The smallest absolute Gasteiger partial charge is 0.184 e. The first-order valence-electron chi connectivity index (χ1n) is 6.00. The molecule has 0 amide bonds. The van der Waals surface area contributed by atoms with Crippen LogP contribution in [-0.4, -0.2) is 26.9 Å². The van der Waals surface area contributed by atoms with Crippen molar-refractivity contribution in [2.45, 2.75) is 25.1 Å². The van der Waals surface area contributed by atoms with Gasteiger partial charge in [-0.15, -0.1) is 11.6 Å². The molecule has 0 N–H and O–H groups in total. The van der Waals surface area contributed by atoms with E-state index in [9.17, 15) is 8.78 Å². The van der Waals surface area contributed by atoms with Gasteiger partial charge in [-0.2, -0.15) is 11.8 Å². The number of thioether (sulfide) groups is 1. The standard InChI is InChI=1S/C13H15ClF2N2S/c1-8(19-2)7-18-11(5-6-14)17-10-4-3-9(15)12(16)13(10)18/h3-4,8H,5-7H2,1-2H3. The highest BCUT2D eigenvalue weighted by Crippen LogP contribution is 2.24. The van der Waals surface area contributed by atoms with Crippen molar-refractivity contribution in [1.82, 2.24) is 9.55 Å². The van der Waals surface area contributed by atoms with Crippen LogP contribution < -0.4 is 0 Å². The van der Waals surface area contributed by atoms with E-state index in [0.29, 0.717) is 30.2 Å². The lowest BCUT2D eigenvalue weighted by Gasteiger charge is -2.13. The van der Waals surface area contributed by atoms with Crippen LogP contribution in [0.4, 0.5) is 8.78 Å². The monoisotopic (exact) mass is 304 g/mol. The van der Waals surface area contributed by atoms with E-state index < -0.39 is 11.6 Å². The second-order valence-corrected chi connectivity index (χ2v) is 6.01. The maximum absolute atomic E-state index is 14.0. The molecule has 0 aliphatic rings. The second-order valence-electron chi connectivity index (χ2n) is 4.35. The molecule has 0 bridgehead atoms. The van der Waals surface area contributed by atoms with E-state index >= 15 is 0 Å². The molecule has 6 heteroatoms. The lowest BCUT2D eigenvalue weighted by atomic mass is 10.3. The van der Waals surface area contributed by atoms with Crippen molar-refractivity contribution in [3.63, 3.8) is 0 Å². The zero-order chi connectivity index (χ0) is 14.0. The van der Waals surface area contributed by atoms with Crippen molar-refractivity contribution in [3.8, 4) is 0 Å². The van der Waals surface area contributed by atoms with Crippen LogP contribution in [-0.2, 0) is 13.0 Å². The fraction of sp³-hybridized carbons (Fsp3) is 0.462. The van der Waals surface area contributed by atoms with Crippen LogP contribution in [0.15, 0.2) is 12.1 Å². The van der Waals surface area contributed by atoms with Gasteiger partial charge in [-0.1, -0.05) is 6.92 Å². The number of alkyl halides is 1. The molecule has 2 aromatic rings. The first-order valence-corrected chi connectivity index (χ1v) is 7.82. The summed E-state index contributed by atoms with van der Waals surface area (Å²) in [5, 5.41) is 0.286. The van der Waals surface area contributed by atoms with Gasteiger partial charge < -0.3 is 4.57 Å². The molecule has 2 rings (SSSR count). The Balaban J connectivity index is 2.60. The lowest BCUT2D eigenvalue weighted by Crippen LogP contribution is -2.13. The van der Waals surface area contributed by atoms with Crippen LogP contribution in [0.25, 0.3) is 11.0 Å². The summed E-state index contributed by atoms with van der Waals surface area (Å²) in [6.45, 7) is 2.63. The molecule has 1 aromatic carbocycles. The number of nitrogens with zero attached hydrogens (tertiary/aromatic N) is 2. The van der Waals surface area contributed by atoms with Crippen LogP contribution in [0.2, 0.25) is 0 Å². The Morgan fingerprint density at radius 1 is 1.42 bits per heavy atom. The van der Waals surface area contributed by atoms with E-state index in [2.05, 4.69) is 4.98 Å². The fourth-order valence-electron chi connectivity index (χ4n) is 2.01. The topological polar surface area (TPSA) is 17.8 Å². The van der Waals surface area contributed by atoms with Gasteiger partial charge >= 0.3 is 0 Å². The quantitative estimate of drug-likeness (QED) is 0.781. The van der Waals surface area contributed by atoms with Gasteiger partial charge in [0, 0.05) is 24.1 Å². The molecule has 1 unspecified atom stereocenters. The van der Waals surface area contributed by atoms with Crippen molar-refractivity contribution in [1.29, 1.82) is 0 Å².